The average molecular weight is 381 g/mol. The molecule has 0 aliphatic carbocycles. The van der Waals surface area contributed by atoms with E-state index in [0.717, 1.165) is 12.0 Å². The second-order valence-electron chi connectivity index (χ2n) is 6.78. The Balaban J connectivity index is 2.00. The number of amides is 1. The molecule has 28 heavy (non-hydrogen) atoms. The van der Waals surface area contributed by atoms with Crippen LogP contribution in [-0.2, 0) is 14.3 Å². The lowest BCUT2D eigenvalue weighted by molar-refractivity contribution is -0.145. The summed E-state index contributed by atoms with van der Waals surface area (Å²) in [6.45, 7) is 5.49. The highest BCUT2D eigenvalue weighted by Crippen LogP contribution is 2.28. The molecule has 2 rings (SSSR count). The molecule has 0 spiro atoms. The molecule has 0 aliphatic heterocycles. The first-order chi connectivity index (χ1) is 13.5. The van der Waals surface area contributed by atoms with Crippen LogP contribution >= 0.6 is 0 Å². The minimum Gasteiger partial charge on any atom is -0.457 e. The van der Waals surface area contributed by atoms with Crippen LogP contribution in [0.2, 0.25) is 0 Å². The third-order valence-corrected chi connectivity index (χ3v) is 4.78. The lowest BCUT2D eigenvalue weighted by atomic mass is 9.85. The molecule has 1 amide bonds. The third kappa shape index (κ3) is 5.78. The van der Waals surface area contributed by atoms with Crippen molar-refractivity contribution in [2.45, 2.75) is 39.5 Å². The molecule has 2 atom stereocenters. The Kier molecular flexibility index (Phi) is 7.93. The maximum Gasteiger partial charge on any atom is 0.314 e. The van der Waals surface area contributed by atoms with E-state index in [1.54, 1.807) is 31.2 Å². The van der Waals surface area contributed by atoms with Gasteiger partial charge in [-0.1, -0.05) is 57.5 Å². The van der Waals surface area contributed by atoms with Crippen molar-refractivity contribution in [2.75, 3.05) is 11.9 Å². The van der Waals surface area contributed by atoms with Gasteiger partial charge >= 0.3 is 5.97 Å². The number of hydrogen-bond donors (Lipinski definition) is 1. The number of nitrogens with one attached hydrogen (secondary N) is 1. The van der Waals surface area contributed by atoms with Crippen LogP contribution in [0.1, 0.15) is 55.5 Å². The Hall–Kier alpha value is -2.95. The van der Waals surface area contributed by atoms with Gasteiger partial charge in [-0.2, -0.15) is 0 Å². The van der Waals surface area contributed by atoms with Gasteiger partial charge in [0.05, 0.1) is 5.92 Å². The van der Waals surface area contributed by atoms with Crippen LogP contribution in [0.4, 0.5) is 5.69 Å². The molecule has 0 heterocycles. The van der Waals surface area contributed by atoms with E-state index in [2.05, 4.69) is 5.32 Å². The van der Waals surface area contributed by atoms with Gasteiger partial charge in [-0.05, 0) is 35.7 Å². The Morgan fingerprint density at radius 1 is 0.964 bits per heavy atom. The van der Waals surface area contributed by atoms with Crippen LogP contribution in [0.25, 0.3) is 0 Å². The Labute approximate surface area is 166 Å². The van der Waals surface area contributed by atoms with E-state index in [4.69, 9.17) is 4.74 Å². The number of anilines is 1. The van der Waals surface area contributed by atoms with Crippen LogP contribution in [0, 0.1) is 5.92 Å². The molecular weight excluding hydrogens is 354 g/mol. The number of benzene rings is 2. The van der Waals surface area contributed by atoms with Gasteiger partial charge in [-0.25, -0.2) is 0 Å². The van der Waals surface area contributed by atoms with Crippen molar-refractivity contribution in [3.05, 3.63) is 65.7 Å². The number of hydrogen-bond acceptors (Lipinski definition) is 4. The largest absolute Gasteiger partial charge is 0.457 e. The van der Waals surface area contributed by atoms with Gasteiger partial charge in [-0.15, -0.1) is 0 Å². The monoisotopic (exact) mass is 381 g/mol. The molecule has 0 aliphatic rings. The number of Topliss-reactive ketones (excluding diaryl/α,β-unsaturated/α-hetero) is 1. The van der Waals surface area contributed by atoms with Crippen LogP contribution in [-0.4, -0.2) is 24.3 Å². The standard InChI is InChI=1S/C23H27NO4/c1-4-16(3)22(18-9-7-6-8-10-18)23(27)28-15-20(25)17-11-13-19(14-12-17)24-21(26)5-2/h6-14,16,22H,4-5,15H2,1-3H3,(H,24,26). The fourth-order valence-electron chi connectivity index (χ4n) is 2.89. The summed E-state index contributed by atoms with van der Waals surface area (Å²) in [4.78, 5) is 36.4. The van der Waals surface area contributed by atoms with E-state index in [0.29, 0.717) is 17.7 Å². The van der Waals surface area contributed by atoms with E-state index in [-0.39, 0.29) is 30.2 Å². The van der Waals surface area contributed by atoms with Crippen molar-refractivity contribution in [2.24, 2.45) is 5.92 Å². The fourth-order valence-corrected chi connectivity index (χ4v) is 2.89. The number of carbonyl (C=O) groups excluding carboxylic acids is 3. The van der Waals surface area contributed by atoms with Crippen molar-refractivity contribution in [3.8, 4) is 0 Å². The van der Waals surface area contributed by atoms with Gasteiger partial charge in [-0.3, -0.25) is 14.4 Å². The van der Waals surface area contributed by atoms with E-state index in [9.17, 15) is 14.4 Å². The second kappa shape index (κ2) is 10.4. The van der Waals surface area contributed by atoms with Gasteiger partial charge in [0.25, 0.3) is 0 Å². The summed E-state index contributed by atoms with van der Waals surface area (Å²) >= 11 is 0. The highest BCUT2D eigenvalue weighted by atomic mass is 16.5. The van der Waals surface area contributed by atoms with Crippen molar-refractivity contribution >= 4 is 23.3 Å². The Bertz CT molecular complexity index is 799. The molecule has 1 N–H and O–H groups in total. The molecule has 148 valence electrons. The summed E-state index contributed by atoms with van der Waals surface area (Å²) in [5.41, 5.74) is 1.95. The van der Waals surface area contributed by atoms with E-state index in [1.165, 1.54) is 0 Å². The predicted octanol–water partition coefficient (Wildman–Crippen LogP) is 4.59. The minimum absolute atomic E-state index is 0.0926. The molecule has 0 aromatic heterocycles. The summed E-state index contributed by atoms with van der Waals surface area (Å²) in [6.07, 6.45) is 1.21. The number of carbonyl (C=O) groups is 3. The lowest BCUT2D eigenvalue weighted by Gasteiger charge is -2.21. The van der Waals surface area contributed by atoms with Crippen LogP contribution in [0.15, 0.2) is 54.6 Å². The maximum atomic E-state index is 12.7. The van der Waals surface area contributed by atoms with Gasteiger partial charge in [0.1, 0.15) is 0 Å². The molecule has 5 heteroatoms. The smallest absolute Gasteiger partial charge is 0.314 e. The Morgan fingerprint density at radius 3 is 2.18 bits per heavy atom. The number of rotatable bonds is 9. The van der Waals surface area contributed by atoms with E-state index >= 15 is 0 Å². The van der Waals surface area contributed by atoms with Crippen molar-refractivity contribution in [1.29, 1.82) is 0 Å². The quantitative estimate of drug-likeness (QED) is 0.509. The number of ether oxygens (including phenoxy) is 1. The number of esters is 1. The summed E-state index contributed by atoms with van der Waals surface area (Å²) in [5, 5.41) is 2.72. The second-order valence-corrected chi connectivity index (χ2v) is 6.78. The topological polar surface area (TPSA) is 72.5 Å². The minimum atomic E-state index is -0.398. The van der Waals surface area contributed by atoms with Crippen molar-refractivity contribution in [1.82, 2.24) is 0 Å². The van der Waals surface area contributed by atoms with Crippen LogP contribution < -0.4 is 5.32 Å². The van der Waals surface area contributed by atoms with Gasteiger partial charge < -0.3 is 10.1 Å². The zero-order valence-electron chi connectivity index (χ0n) is 16.6. The van der Waals surface area contributed by atoms with E-state index in [1.807, 2.05) is 44.2 Å². The molecular formula is C23H27NO4. The maximum absolute atomic E-state index is 12.7. The predicted molar refractivity (Wildman–Crippen MR) is 109 cm³/mol. The molecule has 2 unspecified atom stereocenters. The zero-order chi connectivity index (χ0) is 20.5. The molecule has 0 fully saturated rings. The summed E-state index contributed by atoms with van der Waals surface area (Å²) in [6, 6.07) is 16.0. The van der Waals surface area contributed by atoms with Gasteiger partial charge in [0.2, 0.25) is 5.91 Å². The SMILES string of the molecule is CCC(=O)Nc1ccc(C(=O)COC(=O)C(c2ccccc2)C(C)CC)cc1. The van der Waals surface area contributed by atoms with Gasteiger partial charge in [0.15, 0.2) is 12.4 Å². The van der Waals surface area contributed by atoms with E-state index < -0.39 is 5.92 Å². The Morgan fingerprint density at radius 2 is 1.61 bits per heavy atom. The fraction of sp³-hybridized carbons (Fsp3) is 0.348. The molecule has 2 aromatic rings. The molecule has 0 bridgehead atoms. The third-order valence-electron chi connectivity index (χ3n) is 4.78. The first kappa shape index (κ1) is 21.4. The molecule has 0 saturated carbocycles. The number of ketones is 1. The molecule has 0 saturated heterocycles. The average Bonchev–Trinajstić information content (AvgIpc) is 2.73. The lowest BCUT2D eigenvalue weighted by Crippen LogP contribution is -2.24. The molecule has 2 aromatic carbocycles. The normalized spacial score (nSPS) is 12.7. The van der Waals surface area contributed by atoms with Gasteiger partial charge in [0, 0.05) is 17.7 Å². The highest BCUT2D eigenvalue weighted by molar-refractivity contribution is 5.99. The highest BCUT2D eigenvalue weighted by Gasteiger charge is 2.27. The molecule has 5 nitrogen and oxygen atoms in total. The summed E-state index contributed by atoms with van der Waals surface area (Å²) < 4.78 is 5.35. The zero-order valence-corrected chi connectivity index (χ0v) is 16.6. The summed E-state index contributed by atoms with van der Waals surface area (Å²) in [5.74, 6) is -1.06. The van der Waals surface area contributed by atoms with Crippen LogP contribution in [0.5, 0.6) is 0 Å². The summed E-state index contributed by atoms with van der Waals surface area (Å²) in [7, 11) is 0. The van der Waals surface area contributed by atoms with Crippen LogP contribution in [0.3, 0.4) is 0 Å². The first-order valence-corrected chi connectivity index (χ1v) is 9.60. The molecule has 0 radical (unpaired) electrons. The van der Waals surface area contributed by atoms with Crippen molar-refractivity contribution in [3.63, 3.8) is 0 Å². The van der Waals surface area contributed by atoms with Crippen molar-refractivity contribution < 1.29 is 19.1 Å². The first-order valence-electron chi connectivity index (χ1n) is 9.60.